The van der Waals surface area contributed by atoms with Gasteiger partial charge in [-0.3, -0.25) is 4.79 Å². The average Bonchev–Trinajstić information content (AvgIpc) is 2.81. The van der Waals surface area contributed by atoms with Crippen LogP contribution < -0.4 is 5.32 Å². The van der Waals surface area contributed by atoms with E-state index in [0.29, 0.717) is 5.02 Å². The minimum absolute atomic E-state index is 0.0475. The molecule has 0 saturated carbocycles. The number of aromatic nitrogens is 3. The van der Waals surface area contributed by atoms with Crippen molar-refractivity contribution in [3.8, 4) is 0 Å². The molecule has 8 heteroatoms. The number of carboxylic acids is 1. The maximum absolute atomic E-state index is 11.7. The minimum atomic E-state index is -1.16. The van der Waals surface area contributed by atoms with E-state index in [2.05, 4.69) is 20.7 Å². The van der Waals surface area contributed by atoms with Crippen LogP contribution >= 0.6 is 11.6 Å². The highest BCUT2D eigenvalue weighted by Crippen LogP contribution is 2.21. The predicted octanol–water partition coefficient (Wildman–Crippen LogP) is 1.41. The molecule has 7 nitrogen and oxygen atoms in total. The summed E-state index contributed by atoms with van der Waals surface area (Å²) in [6.07, 6.45) is 1.22. The van der Waals surface area contributed by atoms with Crippen molar-refractivity contribution in [2.75, 3.05) is 5.32 Å². The molecule has 1 aromatic carbocycles. The maximum atomic E-state index is 11.7. The molecule has 0 bridgehead atoms. The topological polar surface area (TPSA) is 108 Å². The maximum Gasteiger partial charge on any atom is 0.337 e. The van der Waals surface area contributed by atoms with Crippen molar-refractivity contribution in [3.05, 3.63) is 40.7 Å². The smallest absolute Gasteiger partial charge is 0.337 e. The van der Waals surface area contributed by atoms with E-state index in [-0.39, 0.29) is 16.9 Å². The Bertz CT molecular complexity index is 597. The summed E-state index contributed by atoms with van der Waals surface area (Å²) >= 11 is 5.75. The van der Waals surface area contributed by atoms with Gasteiger partial charge in [0.1, 0.15) is 0 Å². The summed E-state index contributed by atoms with van der Waals surface area (Å²) in [4.78, 5) is 22.7. The van der Waals surface area contributed by atoms with Gasteiger partial charge in [0.15, 0.2) is 5.69 Å². The van der Waals surface area contributed by atoms with Gasteiger partial charge in [0, 0.05) is 5.02 Å². The van der Waals surface area contributed by atoms with Crippen LogP contribution in [0, 0.1) is 0 Å². The summed E-state index contributed by atoms with van der Waals surface area (Å²) in [7, 11) is 0. The number of H-pyrrole nitrogens is 1. The fourth-order valence-electron chi connectivity index (χ4n) is 1.30. The van der Waals surface area contributed by atoms with Crippen LogP contribution in [0.4, 0.5) is 5.69 Å². The Kier molecular flexibility index (Phi) is 3.24. The van der Waals surface area contributed by atoms with Gasteiger partial charge in [0.2, 0.25) is 0 Å². The van der Waals surface area contributed by atoms with Crippen LogP contribution in [0.5, 0.6) is 0 Å². The van der Waals surface area contributed by atoms with Crippen LogP contribution in [0.2, 0.25) is 5.02 Å². The molecule has 1 heterocycles. The number of benzene rings is 1. The number of aromatic carboxylic acids is 1. The van der Waals surface area contributed by atoms with Crippen molar-refractivity contribution in [1.82, 2.24) is 15.4 Å². The molecule has 3 N–H and O–H groups in total. The lowest BCUT2D eigenvalue weighted by Gasteiger charge is -2.07. The molecular formula is C10H7ClN4O3. The molecule has 1 aromatic heterocycles. The van der Waals surface area contributed by atoms with E-state index in [4.69, 9.17) is 16.7 Å². The first-order valence-electron chi connectivity index (χ1n) is 4.78. The molecule has 0 atom stereocenters. The fourth-order valence-corrected chi connectivity index (χ4v) is 1.48. The van der Waals surface area contributed by atoms with Crippen LogP contribution in [0.1, 0.15) is 20.8 Å². The number of rotatable bonds is 3. The van der Waals surface area contributed by atoms with Crippen molar-refractivity contribution in [1.29, 1.82) is 0 Å². The van der Waals surface area contributed by atoms with Crippen LogP contribution in [0.25, 0.3) is 0 Å². The zero-order valence-electron chi connectivity index (χ0n) is 8.85. The molecule has 1 amide bonds. The quantitative estimate of drug-likeness (QED) is 0.778. The highest BCUT2D eigenvalue weighted by molar-refractivity contribution is 6.31. The second-order valence-electron chi connectivity index (χ2n) is 3.30. The number of amides is 1. The van der Waals surface area contributed by atoms with Crippen molar-refractivity contribution in [3.63, 3.8) is 0 Å². The number of aromatic amines is 1. The molecule has 2 rings (SSSR count). The molecule has 0 aliphatic carbocycles. The third-order valence-corrected chi connectivity index (χ3v) is 2.34. The summed E-state index contributed by atoms with van der Waals surface area (Å²) in [5, 5.41) is 21.0. The standard InChI is InChI=1S/C10H7ClN4O3/c11-5-1-2-6(10(17)18)7(3-5)13-9(16)8-4-12-15-14-8/h1-4H,(H,13,16)(H,17,18)(H,12,14,15). The summed E-state index contributed by atoms with van der Waals surface area (Å²) in [6, 6.07) is 4.09. The van der Waals surface area contributed by atoms with Gasteiger partial charge in [-0.15, -0.1) is 0 Å². The Balaban J connectivity index is 2.31. The second kappa shape index (κ2) is 4.84. The SMILES string of the molecule is O=C(Nc1cc(Cl)ccc1C(=O)O)c1cn[nH]n1. The van der Waals surface area contributed by atoms with E-state index in [1.807, 2.05) is 0 Å². The van der Waals surface area contributed by atoms with Gasteiger partial charge >= 0.3 is 5.97 Å². The van der Waals surface area contributed by atoms with Crippen LogP contribution in [-0.2, 0) is 0 Å². The Morgan fingerprint density at radius 2 is 2.17 bits per heavy atom. The molecule has 0 unspecified atom stereocenters. The van der Waals surface area contributed by atoms with Crippen molar-refractivity contribution < 1.29 is 14.7 Å². The summed E-state index contributed by atoms with van der Waals surface area (Å²) < 4.78 is 0. The first-order valence-corrected chi connectivity index (χ1v) is 5.15. The van der Waals surface area contributed by atoms with Gasteiger partial charge in [-0.2, -0.15) is 15.4 Å². The molecule has 0 saturated heterocycles. The highest BCUT2D eigenvalue weighted by atomic mass is 35.5. The van der Waals surface area contributed by atoms with E-state index in [9.17, 15) is 9.59 Å². The summed E-state index contributed by atoms with van der Waals surface area (Å²) in [6.45, 7) is 0. The van der Waals surface area contributed by atoms with E-state index in [0.717, 1.165) is 0 Å². The Labute approximate surface area is 106 Å². The molecule has 0 aliphatic heterocycles. The van der Waals surface area contributed by atoms with Crippen molar-refractivity contribution in [2.45, 2.75) is 0 Å². The second-order valence-corrected chi connectivity index (χ2v) is 3.74. The van der Waals surface area contributed by atoms with E-state index in [1.165, 1.54) is 24.4 Å². The number of anilines is 1. The molecular weight excluding hydrogens is 260 g/mol. The zero-order chi connectivity index (χ0) is 13.1. The Morgan fingerprint density at radius 3 is 2.78 bits per heavy atom. The van der Waals surface area contributed by atoms with Gasteiger partial charge in [-0.1, -0.05) is 11.6 Å². The molecule has 2 aromatic rings. The normalized spacial score (nSPS) is 10.1. The first kappa shape index (κ1) is 12.1. The third kappa shape index (κ3) is 2.46. The first-order chi connectivity index (χ1) is 8.58. The number of hydrogen-bond acceptors (Lipinski definition) is 4. The lowest BCUT2D eigenvalue weighted by Crippen LogP contribution is -2.15. The molecule has 0 radical (unpaired) electrons. The van der Waals surface area contributed by atoms with Gasteiger partial charge in [-0.05, 0) is 18.2 Å². The molecule has 18 heavy (non-hydrogen) atoms. The van der Waals surface area contributed by atoms with Crippen molar-refractivity contribution >= 4 is 29.2 Å². The monoisotopic (exact) mass is 266 g/mol. The number of carbonyl (C=O) groups excluding carboxylic acids is 1. The van der Waals surface area contributed by atoms with Gasteiger partial charge < -0.3 is 10.4 Å². The van der Waals surface area contributed by atoms with Crippen molar-refractivity contribution in [2.24, 2.45) is 0 Å². The summed E-state index contributed by atoms with van der Waals surface area (Å²) in [5.41, 5.74) is 0.0885. The number of halogens is 1. The van der Waals surface area contributed by atoms with Crippen LogP contribution in [-0.4, -0.2) is 32.4 Å². The summed E-state index contributed by atoms with van der Waals surface area (Å²) in [5.74, 6) is -1.74. The largest absolute Gasteiger partial charge is 0.478 e. The number of nitrogens with zero attached hydrogens (tertiary/aromatic N) is 2. The van der Waals surface area contributed by atoms with Gasteiger partial charge in [0.05, 0.1) is 17.4 Å². The molecule has 0 spiro atoms. The Morgan fingerprint density at radius 1 is 1.39 bits per heavy atom. The van der Waals surface area contributed by atoms with Gasteiger partial charge in [-0.25, -0.2) is 4.79 Å². The Hall–Kier alpha value is -2.41. The molecule has 0 aliphatic rings. The average molecular weight is 267 g/mol. The predicted molar refractivity (Wildman–Crippen MR) is 62.7 cm³/mol. The zero-order valence-corrected chi connectivity index (χ0v) is 9.60. The lowest BCUT2D eigenvalue weighted by molar-refractivity contribution is 0.0698. The van der Waals surface area contributed by atoms with E-state index < -0.39 is 11.9 Å². The number of carbonyl (C=O) groups is 2. The highest BCUT2D eigenvalue weighted by Gasteiger charge is 2.15. The van der Waals surface area contributed by atoms with E-state index >= 15 is 0 Å². The third-order valence-electron chi connectivity index (χ3n) is 2.11. The lowest BCUT2D eigenvalue weighted by atomic mass is 10.1. The minimum Gasteiger partial charge on any atom is -0.478 e. The van der Waals surface area contributed by atoms with Crippen LogP contribution in [0.3, 0.4) is 0 Å². The number of carboxylic acid groups (broad SMARTS) is 1. The number of hydrogen-bond donors (Lipinski definition) is 3. The molecule has 92 valence electrons. The number of nitrogens with one attached hydrogen (secondary N) is 2. The molecule has 0 fully saturated rings. The van der Waals surface area contributed by atoms with Crippen LogP contribution in [0.15, 0.2) is 24.4 Å². The van der Waals surface area contributed by atoms with E-state index in [1.54, 1.807) is 0 Å². The van der Waals surface area contributed by atoms with Gasteiger partial charge in [0.25, 0.3) is 5.91 Å². The fraction of sp³-hybridized carbons (Fsp3) is 0.